The zero-order chi connectivity index (χ0) is 20.1. The lowest BCUT2D eigenvalue weighted by atomic mass is 9.79. The van der Waals surface area contributed by atoms with E-state index >= 15 is 0 Å². The van der Waals surface area contributed by atoms with E-state index in [0.29, 0.717) is 35.7 Å². The zero-order valence-electron chi connectivity index (χ0n) is 17.2. The van der Waals surface area contributed by atoms with Gasteiger partial charge in [0.15, 0.2) is 0 Å². The predicted octanol–water partition coefficient (Wildman–Crippen LogP) is 3.00. The summed E-state index contributed by atoms with van der Waals surface area (Å²) in [6.07, 6.45) is 6.75. The number of nitrogens with zero attached hydrogens (tertiary/aromatic N) is 1. The Bertz CT molecular complexity index is 825. The first-order valence-corrected chi connectivity index (χ1v) is 10.9. The van der Waals surface area contributed by atoms with Crippen LogP contribution in [0.1, 0.15) is 38.5 Å². The van der Waals surface area contributed by atoms with E-state index in [0.717, 1.165) is 24.2 Å². The molecule has 1 aromatic rings. The van der Waals surface area contributed by atoms with Gasteiger partial charge in [-0.2, -0.15) is 0 Å². The minimum absolute atomic E-state index is 0.0369. The van der Waals surface area contributed by atoms with Crippen molar-refractivity contribution in [3.05, 3.63) is 18.2 Å². The second-order valence-corrected chi connectivity index (χ2v) is 9.21. The summed E-state index contributed by atoms with van der Waals surface area (Å²) in [5.41, 5.74) is 0.667. The van der Waals surface area contributed by atoms with Crippen molar-refractivity contribution in [3.63, 3.8) is 0 Å². The maximum Gasteiger partial charge on any atom is 0.227 e. The zero-order valence-corrected chi connectivity index (χ0v) is 17.2. The summed E-state index contributed by atoms with van der Waals surface area (Å²) in [7, 11) is 3.18. The molecular weight excluding hydrogens is 368 g/mol. The molecule has 1 aromatic carbocycles. The van der Waals surface area contributed by atoms with Gasteiger partial charge in [-0.15, -0.1) is 0 Å². The van der Waals surface area contributed by atoms with Crippen LogP contribution in [0, 0.1) is 29.6 Å². The van der Waals surface area contributed by atoms with Crippen molar-refractivity contribution in [3.8, 4) is 11.5 Å². The summed E-state index contributed by atoms with van der Waals surface area (Å²) in [6, 6.07) is 5.70. The molecule has 156 valence electrons. The number of fused-ring (bicyclic) bond motifs is 5. The standard InChI is InChI=1S/C23H30N2O4/c1-28-15-6-7-21(29-2)20(11-15)25-12-14(10-22(25)26)23(27)24-19-9-13-8-18(19)17-5-3-4-16(13)17/h6-7,11,13-14,16-19H,3-5,8-10,12H2,1-2H3,(H,24,27)/t13-,14-,16-,17-,18+,19-/m1/s1. The van der Waals surface area contributed by atoms with Crippen LogP contribution in [0.3, 0.4) is 0 Å². The Labute approximate surface area is 171 Å². The highest BCUT2D eigenvalue weighted by molar-refractivity contribution is 6.01. The molecule has 3 saturated carbocycles. The molecule has 6 atom stereocenters. The van der Waals surface area contributed by atoms with E-state index in [2.05, 4.69) is 5.32 Å². The van der Waals surface area contributed by atoms with Crippen molar-refractivity contribution in [1.82, 2.24) is 5.32 Å². The Hall–Kier alpha value is -2.24. The minimum Gasteiger partial charge on any atom is -0.497 e. The molecule has 6 heteroatoms. The third-order valence-electron chi connectivity index (χ3n) is 7.93. The fourth-order valence-electron chi connectivity index (χ4n) is 6.66. The van der Waals surface area contributed by atoms with E-state index in [-0.39, 0.29) is 24.2 Å². The number of ether oxygens (including phenoxy) is 2. The first-order chi connectivity index (χ1) is 14.1. The number of hydrogen-bond acceptors (Lipinski definition) is 4. The van der Waals surface area contributed by atoms with Gasteiger partial charge in [0, 0.05) is 25.1 Å². The van der Waals surface area contributed by atoms with Crippen LogP contribution in [-0.4, -0.2) is 38.6 Å². The quantitative estimate of drug-likeness (QED) is 0.828. The van der Waals surface area contributed by atoms with E-state index < -0.39 is 0 Å². The molecule has 0 aromatic heterocycles. The molecule has 0 spiro atoms. The number of amides is 2. The monoisotopic (exact) mass is 398 g/mol. The molecule has 2 amide bonds. The molecule has 1 heterocycles. The van der Waals surface area contributed by atoms with Crippen molar-refractivity contribution < 1.29 is 19.1 Å². The second kappa shape index (κ2) is 7.22. The lowest BCUT2D eigenvalue weighted by Crippen LogP contribution is -2.45. The highest BCUT2D eigenvalue weighted by Crippen LogP contribution is 2.58. The maximum atomic E-state index is 13.0. The van der Waals surface area contributed by atoms with Crippen LogP contribution in [-0.2, 0) is 9.59 Å². The number of carbonyl (C=O) groups is 2. The highest BCUT2D eigenvalue weighted by Gasteiger charge is 2.54. The second-order valence-electron chi connectivity index (χ2n) is 9.21. The van der Waals surface area contributed by atoms with Crippen molar-refractivity contribution in [1.29, 1.82) is 0 Å². The van der Waals surface area contributed by atoms with E-state index in [9.17, 15) is 9.59 Å². The SMILES string of the molecule is COc1ccc(OC)c(N2C[C@H](C(=O)N[C@@H]3C[C@H]4C[C@H]3[C@@H]3CCC[C@H]43)CC2=O)c1. The van der Waals surface area contributed by atoms with Gasteiger partial charge in [0.2, 0.25) is 11.8 Å². The largest absolute Gasteiger partial charge is 0.497 e. The molecule has 3 aliphatic carbocycles. The third-order valence-corrected chi connectivity index (χ3v) is 7.93. The normalized spacial score (nSPS) is 35.1. The Morgan fingerprint density at radius 3 is 2.72 bits per heavy atom. The first-order valence-electron chi connectivity index (χ1n) is 10.9. The fraction of sp³-hybridized carbons (Fsp3) is 0.652. The van der Waals surface area contributed by atoms with Crippen molar-refractivity contribution in [2.45, 2.75) is 44.6 Å². The van der Waals surface area contributed by atoms with Gasteiger partial charge < -0.3 is 19.7 Å². The summed E-state index contributed by atoms with van der Waals surface area (Å²) in [6.45, 7) is 0.390. The smallest absolute Gasteiger partial charge is 0.227 e. The third kappa shape index (κ3) is 3.08. The number of methoxy groups -OCH3 is 2. The summed E-state index contributed by atoms with van der Waals surface area (Å²) in [5, 5.41) is 3.33. The molecule has 1 aliphatic heterocycles. The average Bonchev–Trinajstić information content (AvgIpc) is 3.49. The van der Waals surface area contributed by atoms with Crippen LogP contribution in [0.25, 0.3) is 0 Å². The molecule has 0 unspecified atom stereocenters. The van der Waals surface area contributed by atoms with Crippen molar-refractivity contribution in [2.75, 3.05) is 25.7 Å². The number of hydrogen-bond donors (Lipinski definition) is 1. The van der Waals surface area contributed by atoms with Gasteiger partial charge in [-0.1, -0.05) is 6.42 Å². The minimum atomic E-state index is -0.308. The van der Waals surface area contributed by atoms with Crippen LogP contribution in [0.15, 0.2) is 18.2 Å². The molecule has 4 fully saturated rings. The predicted molar refractivity (Wildman–Crippen MR) is 109 cm³/mol. The molecule has 1 saturated heterocycles. The number of anilines is 1. The van der Waals surface area contributed by atoms with Gasteiger partial charge in [-0.3, -0.25) is 9.59 Å². The number of benzene rings is 1. The van der Waals surface area contributed by atoms with Crippen molar-refractivity contribution >= 4 is 17.5 Å². The molecule has 2 bridgehead atoms. The number of rotatable bonds is 5. The Morgan fingerprint density at radius 2 is 1.93 bits per heavy atom. The van der Waals surface area contributed by atoms with Crippen LogP contribution < -0.4 is 19.7 Å². The van der Waals surface area contributed by atoms with Crippen LogP contribution >= 0.6 is 0 Å². The summed E-state index contributed by atoms with van der Waals surface area (Å²) >= 11 is 0. The molecular formula is C23H30N2O4. The Balaban J connectivity index is 1.27. The maximum absolute atomic E-state index is 13.0. The Morgan fingerprint density at radius 1 is 1.10 bits per heavy atom. The Kier molecular flexibility index (Phi) is 4.67. The topological polar surface area (TPSA) is 67.9 Å². The van der Waals surface area contributed by atoms with E-state index in [1.54, 1.807) is 37.3 Å². The molecule has 0 radical (unpaired) electrons. The summed E-state index contributed by atoms with van der Waals surface area (Å²) in [4.78, 5) is 27.4. The number of nitrogens with one attached hydrogen (secondary N) is 1. The van der Waals surface area contributed by atoms with Crippen LogP contribution in [0.4, 0.5) is 5.69 Å². The molecule has 4 aliphatic rings. The van der Waals surface area contributed by atoms with E-state index in [4.69, 9.17) is 9.47 Å². The van der Waals surface area contributed by atoms with Crippen LogP contribution in [0.5, 0.6) is 11.5 Å². The lowest BCUT2D eigenvalue weighted by Gasteiger charge is -2.32. The first kappa shape index (κ1) is 18.8. The van der Waals surface area contributed by atoms with Crippen molar-refractivity contribution in [2.24, 2.45) is 29.6 Å². The summed E-state index contributed by atoms with van der Waals surface area (Å²) in [5.74, 6) is 4.16. The van der Waals surface area contributed by atoms with Gasteiger partial charge in [0.25, 0.3) is 0 Å². The molecule has 6 nitrogen and oxygen atoms in total. The van der Waals surface area contributed by atoms with Gasteiger partial charge in [-0.05, 0) is 61.5 Å². The van der Waals surface area contributed by atoms with E-state index in [1.807, 2.05) is 0 Å². The highest BCUT2D eigenvalue weighted by atomic mass is 16.5. The molecule has 5 rings (SSSR count). The fourth-order valence-corrected chi connectivity index (χ4v) is 6.66. The van der Waals surface area contributed by atoms with Gasteiger partial charge in [0.1, 0.15) is 11.5 Å². The van der Waals surface area contributed by atoms with Gasteiger partial charge >= 0.3 is 0 Å². The molecule has 29 heavy (non-hydrogen) atoms. The lowest BCUT2D eigenvalue weighted by molar-refractivity contribution is -0.127. The van der Waals surface area contributed by atoms with E-state index in [1.165, 1.54) is 25.7 Å². The number of carbonyl (C=O) groups excluding carboxylic acids is 2. The van der Waals surface area contributed by atoms with Crippen LogP contribution in [0.2, 0.25) is 0 Å². The van der Waals surface area contributed by atoms with Gasteiger partial charge in [-0.25, -0.2) is 0 Å². The average molecular weight is 399 g/mol. The van der Waals surface area contributed by atoms with Gasteiger partial charge in [0.05, 0.1) is 25.8 Å². The molecule has 1 N–H and O–H groups in total. The summed E-state index contributed by atoms with van der Waals surface area (Å²) < 4.78 is 10.7.